The number of primary amides is 1. The van der Waals surface area contributed by atoms with Gasteiger partial charge in [0.05, 0.1) is 36.0 Å². The number of likely N-dealkylation sites (tertiary alicyclic amines) is 1. The molecule has 0 aliphatic carbocycles. The molecule has 1 aliphatic heterocycles. The summed E-state index contributed by atoms with van der Waals surface area (Å²) in [5.74, 6) is 4.43. The molecule has 1 aliphatic rings. The highest BCUT2D eigenvalue weighted by molar-refractivity contribution is 6.00. The lowest BCUT2D eigenvalue weighted by molar-refractivity contribution is -0.127. The third kappa shape index (κ3) is 4.50. The molecule has 2 atom stereocenters. The van der Waals surface area contributed by atoms with Crippen molar-refractivity contribution in [3.05, 3.63) is 59.2 Å². The lowest BCUT2D eigenvalue weighted by Crippen LogP contribution is -2.37. The van der Waals surface area contributed by atoms with Gasteiger partial charge in [-0.1, -0.05) is 12.5 Å². The smallest absolute Gasteiger partial charge is 0.255 e. The number of fused-ring (bicyclic) bond motifs is 1. The van der Waals surface area contributed by atoms with Crippen molar-refractivity contribution in [2.24, 2.45) is 5.73 Å². The summed E-state index contributed by atoms with van der Waals surface area (Å²) in [6.07, 6.45) is 3.34. The number of hydrogen-bond acceptors (Lipinski definition) is 7. The molecule has 2 amide bonds. The predicted octanol–water partition coefficient (Wildman–Crippen LogP) is 1.79. The number of nitrogens with zero attached hydrogens (tertiary/aromatic N) is 5. The maximum Gasteiger partial charge on any atom is 0.255 e. The first-order valence-corrected chi connectivity index (χ1v) is 11.2. The number of anilines is 1. The Morgan fingerprint density at radius 1 is 1.39 bits per heavy atom. The number of nitrogens with two attached hydrogens (primary N) is 1. The molecule has 10 nitrogen and oxygen atoms in total. The molecule has 0 radical (unpaired) electrons. The third-order valence-corrected chi connectivity index (χ3v) is 6.19. The van der Waals surface area contributed by atoms with E-state index in [0.29, 0.717) is 36.3 Å². The molecule has 1 saturated heterocycles. The van der Waals surface area contributed by atoms with E-state index < -0.39 is 11.7 Å². The van der Waals surface area contributed by atoms with Crippen molar-refractivity contribution in [2.75, 3.05) is 32.6 Å². The summed E-state index contributed by atoms with van der Waals surface area (Å²) >= 11 is 0. The monoisotopic (exact) mass is 491 g/mol. The minimum Gasteiger partial charge on any atom is -0.383 e. The number of amides is 2. The lowest BCUT2D eigenvalue weighted by Gasteiger charge is -2.22. The molecule has 0 unspecified atom stereocenters. The molecule has 1 fully saturated rings. The second-order valence-corrected chi connectivity index (χ2v) is 8.45. The van der Waals surface area contributed by atoms with Gasteiger partial charge in [-0.3, -0.25) is 9.59 Å². The van der Waals surface area contributed by atoms with E-state index >= 15 is 0 Å². The van der Waals surface area contributed by atoms with Gasteiger partial charge in [-0.2, -0.15) is 15.3 Å². The largest absolute Gasteiger partial charge is 0.383 e. The van der Waals surface area contributed by atoms with Crippen LogP contribution in [-0.2, 0) is 9.53 Å². The fourth-order valence-electron chi connectivity index (χ4n) is 4.50. The zero-order valence-electron chi connectivity index (χ0n) is 20.2. The highest BCUT2D eigenvalue weighted by atomic mass is 19.1. The number of aryl methyl sites for hydroxylation is 1. The normalized spacial score (nSPS) is 17.1. The van der Waals surface area contributed by atoms with Crippen LogP contribution in [0, 0.1) is 24.6 Å². The van der Waals surface area contributed by atoms with Crippen LogP contribution in [0.5, 0.6) is 0 Å². The van der Waals surface area contributed by atoms with Crippen LogP contribution in [-0.4, -0.2) is 70.0 Å². The molecule has 1 aromatic carbocycles. The molecule has 3 aromatic rings. The summed E-state index contributed by atoms with van der Waals surface area (Å²) in [4.78, 5) is 26.4. The molecular weight excluding hydrogens is 465 g/mol. The first kappa shape index (κ1) is 24.8. The predicted molar refractivity (Wildman–Crippen MR) is 132 cm³/mol. The SMILES string of the molecule is C=CC(=O)N1C[C@@H](n2nc(C#Cc3cc4nncc(C)c4cc3F)c(C(N)=O)c2NC)C[C@@H]1COC. The van der Waals surface area contributed by atoms with E-state index in [1.807, 2.05) is 6.92 Å². The van der Waals surface area contributed by atoms with Crippen LogP contribution < -0.4 is 11.1 Å². The van der Waals surface area contributed by atoms with E-state index in [1.54, 1.807) is 29.9 Å². The van der Waals surface area contributed by atoms with Crippen molar-refractivity contribution in [3.8, 4) is 11.8 Å². The van der Waals surface area contributed by atoms with Gasteiger partial charge in [0.2, 0.25) is 5.91 Å². The van der Waals surface area contributed by atoms with Gasteiger partial charge in [0, 0.05) is 26.1 Å². The van der Waals surface area contributed by atoms with Crippen LogP contribution in [0.3, 0.4) is 0 Å². The standard InChI is InChI=1S/C25H26FN7O3/c1-5-22(34)32-12-16(9-17(32)13-36-4)33-25(28-3)23(24(27)35)20(31-33)7-6-15-8-21-18(10-19(15)26)14(2)11-29-30-21/h5,8,10-11,16-17,28H,1,9,12-13H2,2-4H3,(H2,27,35)/t16-,17+/m0/s1. The van der Waals surface area contributed by atoms with Gasteiger partial charge in [-0.15, -0.1) is 0 Å². The van der Waals surface area contributed by atoms with Crippen molar-refractivity contribution in [1.29, 1.82) is 0 Å². The first-order chi connectivity index (χ1) is 17.3. The van der Waals surface area contributed by atoms with E-state index in [1.165, 1.54) is 18.2 Å². The summed E-state index contributed by atoms with van der Waals surface area (Å²) < 4.78 is 21.7. The van der Waals surface area contributed by atoms with E-state index in [-0.39, 0.29) is 34.8 Å². The van der Waals surface area contributed by atoms with Crippen LogP contribution in [0.2, 0.25) is 0 Å². The molecule has 2 aromatic heterocycles. The summed E-state index contributed by atoms with van der Waals surface area (Å²) in [5, 5.41) is 16.1. The second kappa shape index (κ2) is 10.1. The van der Waals surface area contributed by atoms with Gasteiger partial charge in [0.25, 0.3) is 5.91 Å². The van der Waals surface area contributed by atoms with Gasteiger partial charge in [-0.25, -0.2) is 9.07 Å². The molecule has 0 bridgehead atoms. The number of methoxy groups -OCH3 is 1. The molecule has 0 saturated carbocycles. The Morgan fingerprint density at radius 3 is 2.83 bits per heavy atom. The quantitative estimate of drug-likeness (QED) is 0.397. The Hall–Kier alpha value is -4.30. The third-order valence-electron chi connectivity index (χ3n) is 6.19. The minimum atomic E-state index is -0.735. The summed E-state index contributed by atoms with van der Waals surface area (Å²) in [6.45, 7) is 6.06. The van der Waals surface area contributed by atoms with Gasteiger partial charge in [0.15, 0.2) is 5.69 Å². The van der Waals surface area contributed by atoms with Crippen LogP contribution in [0.4, 0.5) is 10.2 Å². The number of ether oxygens (including phenoxy) is 1. The van der Waals surface area contributed by atoms with E-state index in [0.717, 1.165) is 5.56 Å². The number of carbonyl (C=O) groups excluding carboxylic acids is 2. The van der Waals surface area contributed by atoms with Crippen LogP contribution in [0.25, 0.3) is 10.9 Å². The number of nitrogens with one attached hydrogen (secondary N) is 1. The van der Waals surface area contributed by atoms with Gasteiger partial charge in [-0.05, 0) is 43.0 Å². The average Bonchev–Trinajstić information content (AvgIpc) is 3.44. The van der Waals surface area contributed by atoms with Gasteiger partial charge in [0.1, 0.15) is 17.2 Å². The zero-order valence-corrected chi connectivity index (χ0v) is 20.2. The van der Waals surface area contributed by atoms with E-state index in [9.17, 15) is 14.0 Å². The lowest BCUT2D eigenvalue weighted by atomic mass is 10.1. The molecule has 0 spiro atoms. The fourth-order valence-corrected chi connectivity index (χ4v) is 4.50. The molecular formula is C25H26FN7O3. The molecule has 186 valence electrons. The van der Waals surface area contributed by atoms with Crippen molar-refractivity contribution >= 4 is 28.5 Å². The van der Waals surface area contributed by atoms with Crippen molar-refractivity contribution < 1.29 is 18.7 Å². The number of halogens is 1. The van der Waals surface area contributed by atoms with Gasteiger partial charge < -0.3 is 20.7 Å². The van der Waals surface area contributed by atoms with E-state index in [2.05, 4.69) is 39.0 Å². The molecule has 3 heterocycles. The molecule has 3 N–H and O–H groups in total. The van der Waals surface area contributed by atoms with Crippen LogP contribution >= 0.6 is 0 Å². The summed E-state index contributed by atoms with van der Waals surface area (Å²) in [6, 6.07) is 2.39. The highest BCUT2D eigenvalue weighted by Gasteiger charge is 2.37. The van der Waals surface area contributed by atoms with Crippen molar-refractivity contribution in [3.63, 3.8) is 0 Å². The number of benzene rings is 1. The van der Waals surface area contributed by atoms with Crippen LogP contribution in [0.15, 0.2) is 31.0 Å². The topological polar surface area (TPSA) is 128 Å². The Kier molecular flexibility index (Phi) is 6.98. The Bertz CT molecular complexity index is 1420. The molecule has 4 rings (SSSR count). The maximum atomic E-state index is 14.8. The zero-order chi connectivity index (χ0) is 26.0. The summed E-state index contributed by atoms with van der Waals surface area (Å²) in [5.41, 5.74) is 7.23. The van der Waals surface area contributed by atoms with Crippen LogP contribution in [0.1, 0.15) is 39.6 Å². The Labute approximate surface area is 207 Å². The summed E-state index contributed by atoms with van der Waals surface area (Å²) in [7, 11) is 3.20. The Balaban J connectivity index is 1.76. The number of aromatic nitrogens is 4. The van der Waals surface area contributed by atoms with E-state index in [4.69, 9.17) is 10.5 Å². The van der Waals surface area contributed by atoms with Gasteiger partial charge >= 0.3 is 0 Å². The highest BCUT2D eigenvalue weighted by Crippen LogP contribution is 2.32. The second-order valence-electron chi connectivity index (χ2n) is 8.45. The molecule has 36 heavy (non-hydrogen) atoms. The van der Waals surface area contributed by atoms with Crippen molar-refractivity contribution in [2.45, 2.75) is 25.4 Å². The minimum absolute atomic E-state index is 0.0821. The fraction of sp³-hybridized carbons (Fsp3) is 0.320. The number of carbonyl (C=O) groups is 2. The first-order valence-electron chi connectivity index (χ1n) is 11.2. The maximum absolute atomic E-state index is 14.8. The number of rotatable bonds is 6. The average molecular weight is 492 g/mol. The van der Waals surface area contributed by atoms with Crippen molar-refractivity contribution in [1.82, 2.24) is 24.9 Å². The molecule has 11 heteroatoms. The number of hydrogen-bond donors (Lipinski definition) is 2. The Morgan fingerprint density at radius 2 is 2.17 bits per heavy atom.